The van der Waals surface area contributed by atoms with E-state index in [0.717, 1.165) is 0 Å². The van der Waals surface area contributed by atoms with Gasteiger partial charge in [-0.15, -0.1) is 0 Å². The number of nitrogens with zero attached hydrogens (tertiary/aromatic N) is 2. The highest BCUT2D eigenvalue weighted by Crippen LogP contribution is 2.58. The van der Waals surface area contributed by atoms with E-state index in [1.165, 1.54) is 6.20 Å². The first-order valence-corrected chi connectivity index (χ1v) is 6.98. The lowest BCUT2D eigenvalue weighted by Gasteiger charge is -2.22. The number of hydrogen-bond donors (Lipinski definition) is 0. The Labute approximate surface area is 104 Å². The zero-order valence-electron chi connectivity index (χ0n) is 11.3. The standard InChI is InChI=1S/C11H21N2O3P/c1-9(2)15-17(14,16-10(3)4)11(12-5)8-13(6)7/h8-10H,1-4,6-7H3/b11-8+. The molecule has 98 valence electrons. The molecule has 0 aliphatic carbocycles. The second-order valence-corrected chi connectivity index (χ2v) is 6.24. The highest BCUT2D eigenvalue weighted by atomic mass is 31.2. The average molecular weight is 260 g/mol. The summed E-state index contributed by atoms with van der Waals surface area (Å²) in [5.41, 5.74) is 0.00454. The Morgan fingerprint density at radius 3 is 1.88 bits per heavy atom. The van der Waals surface area contributed by atoms with E-state index in [1.54, 1.807) is 46.7 Å². The predicted molar refractivity (Wildman–Crippen MR) is 68.4 cm³/mol. The van der Waals surface area contributed by atoms with Crippen molar-refractivity contribution in [3.8, 4) is 0 Å². The molecular weight excluding hydrogens is 239 g/mol. The molecule has 0 heterocycles. The van der Waals surface area contributed by atoms with E-state index in [2.05, 4.69) is 4.85 Å². The van der Waals surface area contributed by atoms with Crippen LogP contribution in [-0.2, 0) is 13.6 Å². The molecule has 0 radical (unpaired) electrons. The summed E-state index contributed by atoms with van der Waals surface area (Å²) in [4.78, 5) is 4.91. The van der Waals surface area contributed by atoms with Crippen molar-refractivity contribution in [2.24, 2.45) is 0 Å². The van der Waals surface area contributed by atoms with Gasteiger partial charge in [0.1, 0.15) is 0 Å². The highest BCUT2D eigenvalue weighted by Gasteiger charge is 2.34. The fraction of sp³-hybridized carbons (Fsp3) is 0.727. The lowest BCUT2D eigenvalue weighted by atomic mass is 10.5. The molecular formula is C11H21N2O3P. The van der Waals surface area contributed by atoms with Gasteiger partial charge in [-0.05, 0) is 27.7 Å². The van der Waals surface area contributed by atoms with Crippen molar-refractivity contribution in [2.45, 2.75) is 39.9 Å². The highest BCUT2D eigenvalue weighted by molar-refractivity contribution is 7.58. The van der Waals surface area contributed by atoms with E-state index < -0.39 is 7.60 Å². The van der Waals surface area contributed by atoms with Crippen LogP contribution < -0.4 is 0 Å². The molecule has 0 fully saturated rings. The van der Waals surface area contributed by atoms with Gasteiger partial charge < -0.3 is 13.9 Å². The molecule has 0 spiro atoms. The Balaban J connectivity index is 5.30. The summed E-state index contributed by atoms with van der Waals surface area (Å²) in [6.45, 7) is 14.1. The van der Waals surface area contributed by atoms with Gasteiger partial charge in [0.25, 0.3) is 5.44 Å². The summed E-state index contributed by atoms with van der Waals surface area (Å²) in [7, 11) is -0.0298. The maximum Gasteiger partial charge on any atom is 0.365 e. The van der Waals surface area contributed by atoms with E-state index >= 15 is 0 Å². The van der Waals surface area contributed by atoms with Crippen LogP contribution in [0.2, 0.25) is 0 Å². The normalized spacial score (nSPS) is 13.0. The van der Waals surface area contributed by atoms with Crippen molar-refractivity contribution in [3.05, 3.63) is 23.1 Å². The van der Waals surface area contributed by atoms with E-state index in [0.29, 0.717) is 0 Å². The quantitative estimate of drug-likeness (QED) is 0.543. The second-order valence-electron chi connectivity index (χ2n) is 4.37. The van der Waals surface area contributed by atoms with Crippen LogP contribution in [-0.4, -0.2) is 31.2 Å². The van der Waals surface area contributed by atoms with Crippen LogP contribution in [0, 0.1) is 6.57 Å². The third-order valence-corrected chi connectivity index (χ3v) is 3.64. The topological polar surface area (TPSA) is 43.1 Å². The minimum Gasteiger partial charge on any atom is -0.393 e. The summed E-state index contributed by atoms with van der Waals surface area (Å²) in [6, 6.07) is 0. The van der Waals surface area contributed by atoms with Gasteiger partial charge >= 0.3 is 7.60 Å². The van der Waals surface area contributed by atoms with Crippen molar-refractivity contribution >= 4 is 7.60 Å². The molecule has 17 heavy (non-hydrogen) atoms. The molecule has 0 saturated heterocycles. The zero-order chi connectivity index (χ0) is 13.6. The van der Waals surface area contributed by atoms with Crippen LogP contribution in [0.4, 0.5) is 0 Å². The average Bonchev–Trinajstić information content (AvgIpc) is 2.10. The molecule has 0 aliphatic rings. The van der Waals surface area contributed by atoms with Crippen LogP contribution >= 0.6 is 7.60 Å². The van der Waals surface area contributed by atoms with Gasteiger partial charge in [-0.1, -0.05) is 0 Å². The van der Waals surface area contributed by atoms with Gasteiger partial charge in [0.15, 0.2) is 0 Å². The Hall–Kier alpha value is -0.820. The van der Waals surface area contributed by atoms with Crippen LogP contribution in [0.1, 0.15) is 27.7 Å². The SMILES string of the molecule is [C-]#[N+]/C(=C\N(C)C)P(=O)(OC(C)C)OC(C)C. The third-order valence-electron chi connectivity index (χ3n) is 1.47. The molecule has 6 heteroatoms. The molecule has 0 aromatic carbocycles. The van der Waals surface area contributed by atoms with Crippen molar-refractivity contribution in [2.75, 3.05) is 14.1 Å². The van der Waals surface area contributed by atoms with Crippen molar-refractivity contribution < 1.29 is 13.6 Å². The zero-order valence-corrected chi connectivity index (χ0v) is 12.2. The minimum absolute atomic E-state index is 0.00454. The fourth-order valence-electron chi connectivity index (χ4n) is 1.08. The van der Waals surface area contributed by atoms with Crippen LogP contribution in [0.5, 0.6) is 0 Å². The Morgan fingerprint density at radius 2 is 1.65 bits per heavy atom. The lowest BCUT2D eigenvalue weighted by Crippen LogP contribution is -2.10. The van der Waals surface area contributed by atoms with Gasteiger partial charge in [0.2, 0.25) is 0 Å². The molecule has 0 N–H and O–H groups in total. The first-order chi connectivity index (χ1) is 7.71. The lowest BCUT2D eigenvalue weighted by molar-refractivity contribution is 0.147. The molecule has 0 aliphatic heterocycles. The minimum atomic E-state index is -3.53. The summed E-state index contributed by atoms with van der Waals surface area (Å²) in [6.07, 6.45) is 0.928. The molecule has 0 aromatic heterocycles. The molecule has 0 atom stereocenters. The predicted octanol–water partition coefficient (Wildman–Crippen LogP) is 3.31. The summed E-state index contributed by atoms with van der Waals surface area (Å²) in [5, 5.41) is 0. The van der Waals surface area contributed by atoms with Gasteiger partial charge in [-0.25, -0.2) is 4.85 Å². The fourth-order valence-corrected chi connectivity index (χ4v) is 2.95. The summed E-state index contributed by atoms with van der Waals surface area (Å²) < 4.78 is 23.2. The van der Waals surface area contributed by atoms with Crippen LogP contribution in [0.15, 0.2) is 11.6 Å². The van der Waals surface area contributed by atoms with Gasteiger partial charge in [0.05, 0.1) is 18.8 Å². The largest absolute Gasteiger partial charge is 0.393 e. The van der Waals surface area contributed by atoms with Gasteiger partial charge in [-0.2, -0.15) is 0 Å². The van der Waals surface area contributed by atoms with E-state index in [4.69, 9.17) is 15.6 Å². The molecule has 0 rings (SSSR count). The molecule has 0 bridgehead atoms. The van der Waals surface area contributed by atoms with E-state index in [9.17, 15) is 4.57 Å². The van der Waals surface area contributed by atoms with E-state index in [1.807, 2.05) is 0 Å². The molecule has 0 saturated carbocycles. The maximum atomic E-state index is 12.5. The number of hydrogen-bond acceptors (Lipinski definition) is 4. The van der Waals surface area contributed by atoms with Crippen LogP contribution in [0.3, 0.4) is 0 Å². The van der Waals surface area contributed by atoms with Gasteiger partial charge in [-0.3, -0.25) is 4.57 Å². The molecule has 0 aromatic rings. The van der Waals surface area contributed by atoms with Crippen molar-refractivity contribution in [1.29, 1.82) is 0 Å². The smallest absolute Gasteiger partial charge is 0.365 e. The van der Waals surface area contributed by atoms with Crippen LogP contribution in [0.25, 0.3) is 4.85 Å². The van der Waals surface area contributed by atoms with Crippen molar-refractivity contribution in [3.63, 3.8) is 0 Å². The monoisotopic (exact) mass is 260 g/mol. The summed E-state index contributed by atoms with van der Waals surface area (Å²) >= 11 is 0. The summed E-state index contributed by atoms with van der Waals surface area (Å²) in [5.74, 6) is 0. The van der Waals surface area contributed by atoms with Gasteiger partial charge in [0, 0.05) is 20.3 Å². The Kier molecular flexibility index (Phi) is 6.48. The molecule has 0 unspecified atom stereocenters. The second kappa shape index (κ2) is 6.80. The molecule has 5 nitrogen and oxygen atoms in total. The number of rotatable bonds is 6. The first-order valence-electron chi connectivity index (χ1n) is 5.44. The van der Waals surface area contributed by atoms with E-state index in [-0.39, 0.29) is 17.6 Å². The first kappa shape index (κ1) is 16.2. The third kappa shape index (κ3) is 5.88. The van der Waals surface area contributed by atoms with Crippen molar-refractivity contribution in [1.82, 2.24) is 4.90 Å². The Morgan fingerprint density at radius 1 is 1.24 bits per heavy atom. The maximum absolute atomic E-state index is 12.5. The molecule has 0 amide bonds. The Bertz CT molecular complexity index is 342.